The highest BCUT2D eigenvalue weighted by molar-refractivity contribution is 9.10. The lowest BCUT2D eigenvalue weighted by atomic mass is 10.1. The fourth-order valence-electron chi connectivity index (χ4n) is 2.19. The van der Waals surface area contributed by atoms with Crippen molar-refractivity contribution in [3.8, 4) is 0 Å². The molecule has 2 rings (SSSR count). The van der Waals surface area contributed by atoms with E-state index in [1.165, 1.54) is 26.5 Å². The summed E-state index contributed by atoms with van der Waals surface area (Å²) in [5, 5.41) is 0. The van der Waals surface area contributed by atoms with Crippen LogP contribution in [0, 0.1) is 13.8 Å². The van der Waals surface area contributed by atoms with Gasteiger partial charge in [-0.3, -0.25) is 0 Å². The van der Waals surface area contributed by atoms with Crippen molar-refractivity contribution in [1.29, 1.82) is 0 Å². The third-order valence-corrected chi connectivity index (χ3v) is 4.90. The molecule has 0 fully saturated rings. The second-order valence-electron chi connectivity index (χ2n) is 5.30. The van der Waals surface area contributed by atoms with E-state index < -0.39 is 0 Å². The smallest absolute Gasteiger partial charge is 0.0178 e. The molecule has 1 atom stereocenters. The molecule has 2 aromatic carbocycles. The minimum Gasteiger partial charge on any atom is -0.328 e. The first-order valence-electron chi connectivity index (χ1n) is 6.75. The summed E-state index contributed by atoms with van der Waals surface area (Å²) in [6, 6.07) is 13.2. The van der Waals surface area contributed by atoms with E-state index in [1.54, 1.807) is 0 Å². The molecule has 1 nitrogen and oxygen atoms in total. The number of hydrogen-bond donors (Lipinski definition) is 1. The van der Waals surface area contributed by atoms with Crippen molar-refractivity contribution >= 4 is 27.7 Å². The Morgan fingerprint density at radius 3 is 2.45 bits per heavy atom. The molecular formula is C17H20BrNS. The molecule has 0 saturated carbocycles. The van der Waals surface area contributed by atoms with E-state index in [9.17, 15) is 0 Å². The first kappa shape index (κ1) is 15.6. The number of hydrogen-bond acceptors (Lipinski definition) is 2. The first-order valence-corrected chi connectivity index (χ1v) is 8.36. The van der Waals surface area contributed by atoms with Crippen molar-refractivity contribution in [2.45, 2.75) is 43.0 Å². The zero-order valence-corrected chi connectivity index (χ0v) is 14.5. The highest BCUT2D eigenvalue weighted by Crippen LogP contribution is 2.34. The van der Waals surface area contributed by atoms with Gasteiger partial charge in [-0.2, -0.15) is 0 Å². The van der Waals surface area contributed by atoms with Gasteiger partial charge < -0.3 is 5.73 Å². The van der Waals surface area contributed by atoms with Gasteiger partial charge in [-0.05, 0) is 62.6 Å². The van der Waals surface area contributed by atoms with Gasteiger partial charge in [0.05, 0.1) is 0 Å². The Labute approximate surface area is 134 Å². The summed E-state index contributed by atoms with van der Waals surface area (Å²) in [7, 11) is 0. The first-order chi connectivity index (χ1) is 9.45. The minimum absolute atomic E-state index is 0.169. The molecule has 0 aliphatic rings. The summed E-state index contributed by atoms with van der Waals surface area (Å²) in [5.74, 6) is 0. The van der Waals surface area contributed by atoms with Gasteiger partial charge in [0.15, 0.2) is 0 Å². The van der Waals surface area contributed by atoms with E-state index in [4.69, 9.17) is 5.73 Å². The molecule has 2 aromatic rings. The van der Waals surface area contributed by atoms with Crippen molar-refractivity contribution in [2.24, 2.45) is 5.73 Å². The van der Waals surface area contributed by atoms with Gasteiger partial charge in [-0.15, -0.1) is 0 Å². The van der Waals surface area contributed by atoms with Crippen LogP contribution in [0.5, 0.6) is 0 Å². The Bertz CT molecular complexity index is 608. The molecule has 0 amide bonds. The minimum atomic E-state index is 0.169. The standard InChI is InChI=1S/C17H20BrNS/c1-11-4-6-16(12(2)8-11)20-17-7-5-15(18)10-14(17)9-13(3)19/h4-8,10,13H,9,19H2,1-3H3. The monoisotopic (exact) mass is 349 g/mol. The van der Waals surface area contributed by atoms with Gasteiger partial charge in [0.25, 0.3) is 0 Å². The van der Waals surface area contributed by atoms with Crippen molar-refractivity contribution in [1.82, 2.24) is 0 Å². The highest BCUT2D eigenvalue weighted by Gasteiger charge is 2.09. The van der Waals surface area contributed by atoms with Crippen LogP contribution in [-0.4, -0.2) is 6.04 Å². The van der Waals surface area contributed by atoms with Gasteiger partial charge >= 0.3 is 0 Å². The molecule has 0 spiro atoms. The zero-order valence-electron chi connectivity index (χ0n) is 12.1. The Morgan fingerprint density at radius 2 is 1.80 bits per heavy atom. The van der Waals surface area contributed by atoms with E-state index in [2.05, 4.69) is 66.2 Å². The molecule has 1 unspecified atom stereocenters. The predicted molar refractivity (Wildman–Crippen MR) is 91.5 cm³/mol. The van der Waals surface area contributed by atoms with Gasteiger partial charge in [0.1, 0.15) is 0 Å². The second-order valence-corrected chi connectivity index (χ2v) is 7.30. The molecule has 0 radical (unpaired) electrons. The Balaban J connectivity index is 2.32. The summed E-state index contributed by atoms with van der Waals surface area (Å²) in [5.41, 5.74) is 9.89. The second kappa shape index (κ2) is 6.79. The lowest BCUT2D eigenvalue weighted by molar-refractivity contribution is 0.729. The van der Waals surface area contributed by atoms with Crippen LogP contribution < -0.4 is 5.73 Å². The molecular weight excluding hydrogens is 330 g/mol. The summed E-state index contributed by atoms with van der Waals surface area (Å²) >= 11 is 5.37. The fraction of sp³-hybridized carbons (Fsp3) is 0.294. The van der Waals surface area contributed by atoms with Crippen molar-refractivity contribution in [2.75, 3.05) is 0 Å². The fourth-order valence-corrected chi connectivity index (χ4v) is 3.60. The number of halogens is 1. The topological polar surface area (TPSA) is 26.0 Å². The molecule has 0 aromatic heterocycles. The van der Waals surface area contributed by atoms with E-state index in [1.807, 2.05) is 18.7 Å². The van der Waals surface area contributed by atoms with Crippen LogP contribution in [-0.2, 0) is 6.42 Å². The number of rotatable bonds is 4. The predicted octanol–water partition coefficient (Wildman–Crippen LogP) is 5.11. The Morgan fingerprint density at radius 1 is 1.10 bits per heavy atom. The van der Waals surface area contributed by atoms with Crippen molar-refractivity contribution in [3.05, 3.63) is 57.6 Å². The van der Waals surface area contributed by atoms with Gasteiger partial charge in [-0.1, -0.05) is 45.4 Å². The maximum Gasteiger partial charge on any atom is 0.0178 e. The maximum atomic E-state index is 5.96. The largest absolute Gasteiger partial charge is 0.328 e. The highest BCUT2D eigenvalue weighted by atomic mass is 79.9. The van der Waals surface area contributed by atoms with Crippen molar-refractivity contribution < 1.29 is 0 Å². The normalized spacial score (nSPS) is 12.4. The van der Waals surface area contributed by atoms with E-state index >= 15 is 0 Å². The van der Waals surface area contributed by atoms with Crippen LogP contribution in [0.1, 0.15) is 23.6 Å². The summed E-state index contributed by atoms with van der Waals surface area (Å²) in [4.78, 5) is 2.60. The SMILES string of the molecule is Cc1ccc(Sc2ccc(Br)cc2CC(C)N)c(C)c1. The average molecular weight is 350 g/mol. The molecule has 106 valence electrons. The molecule has 3 heteroatoms. The van der Waals surface area contributed by atoms with E-state index in [-0.39, 0.29) is 6.04 Å². The quantitative estimate of drug-likeness (QED) is 0.830. The molecule has 0 bridgehead atoms. The van der Waals surface area contributed by atoms with Crippen LogP contribution in [0.25, 0.3) is 0 Å². The molecule has 2 N–H and O–H groups in total. The summed E-state index contributed by atoms with van der Waals surface area (Å²) in [6.45, 7) is 6.34. The third kappa shape index (κ3) is 4.11. The van der Waals surface area contributed by atoms with Gasteiger partial charge in [0, 0.05) is 20.3 Å². The number of nitrogens with two attached hydrogens (primary N) is 1. The zero-order chi connectivity index (χ0) is 14.7. The summed E-state index contributed by atoms with van der Waals surface area (Å²) in [6.07, 6.45) is 0.896. The van der Waals surface area contributed by atoms with Crippen LogP contribution in [0.4, 0.5) is 0 Å². The number of aryl methyl sites for hydroxylation is 2. The number of benzene rings is 2. The van der Waals surface area contributed by atoms with Gasteiger partial charge in [0.2, 0.25) is 0 Å². The molecule has 0 heterocycles. The van der Waals surface area contributed by atoms with Crippen LogP contribution in [0.2, 0.25) is 0 Å². The van der Waals surface area contributed by atoms with Crippen LogP contribution in [0.15, 0.2) is 50.7 Å². The third-order valence-electron chi connectivity index (χ3n) is 3.11. The van der Waals surface area contributed by atoms with E-state index in [0.29, 0.717) is 0 Å². The average Bonchev–Trinajstić information content (AvgIpc) is 2.34. The molecule has 0 saturated heterocycles. The molecule has 0 aliphatic carbocycles. The van der Waals surface area contributed by atoms with Gasteiger partial charge in [-0.25, -0.2) is 0 Å². The lowest BCUT2D eigenvalue weighted by Crippen LogP contribution is -2.18. The maximum absolute atomic E-state index is 5.96. The summed E-state index contributed by atoms with van der Waals surface area (Å²) < 4.78 is 1.11. The van der Waals surface area contributed by atoms with Crippen molar-refractivity contribution in [3.63, 3.8) is 0 Å². The Kier molecular flexibility index (Phi) is 5.30. The van der Waals surface area contributed by atoms with E-state index in [0.717, 1.165) is 10.9 Å². The molecule has 0 aliphatic heterocycles. The molecule has 20 heavy (non-hydrogen) atoms. The Hall–Kier alpha value is -0.770. The van der Waals surface area contributed by atoms with Crippen LogP contribution >= 0.6 is 27.7 Å². The lowest BCUT2D eigenvalue weighted by Gasteiger charge is -2.13. The van der Waals surface area contributed by atoms with Crippen LogP contribution in [0.3, 0.4) is 0 Å².